The fraction of sp³-hybridized carbons (Fsp3) is 0.474. The van der Waals surface area contributed by atoms with Crippen LogP contribution in [0.25, 0.3) is 0 Å². The van der Waals surface area contributed by atoms with Crippen LogP contribution in [0.2, 0.25) is 0 Å². The van der Waals surface area contributed by atoms with Crippen LogP contribution in [0.4, 0.5) is 0 Å². The summed E-state index contributed by atoms with van der Waals surface area (Å²) in [6.45, 7) is 3.44. The third kappa shape index (κ3) is 5.25. The molecule has 3 N–H and O–H groups in total. The zero-order chi connectivity index (χ0) is 21.1. The lowest BCUT2D eigenvalue weighted by molar-refractivity contribution is 0.336. The molecule has 10 heteroatoms. The molecule has 1 atom stereocenters. The maximum atomic E-state index is 13.1. The Morgan fingerprint density at radius 1 is 1.24 bits per heavy atom. The number of aryl methyl sites for hydroxylation is 1. The van der Waals surface area contributed by atoms with E-state index in [4.69, 9.17) is 5.14 Å². The second-order valence-corrected chi connectivity index (χ2v) is 12.1. The standard InChI is InChI=1S/C19H27N3O4S3/c1-2-11-21-17-14-22(12-7-6-10-15-8-4-3-5-9-15)29(25,26)19-16(17)13-18(27-19)28(20,23)24/h3-5,8-9,13,17,21H,2,6-7,10-12,14H2,1H3,(H2,20,23,24). The van der Waals surface area contributed by atoms with Crippen molar-refractivity contribution in [2.24, 2.45) is 5.14 Å². The molecular formula is C19H27N3O4S3. The van der Waals surface area contributed by atoms with Crippen LogP contribution in [-0.2, 0) is 26.5 Å². The summed E-state index contributed by atoms with van der Waals surface area (Å²) in [5.41, 5.74) is 1.74. The van der Waals surface area contributed by atoms with Gasteiger partial charge in [0.15, 0.2) is 0 Å². The van der Waals surface area contributed by atoms with Crippen LogP contribution in [0, 0.1) is 0 Å². The number of fused-ring (bicyclic) bond motifs is 1. The van der Waals surface area contributed by atoms with Crippen LogP contribution in [0.3, 0.4) is 0 Å². The second-order valence-electron chi connectivity index (χ2n) is 7.17. The topological polar surface area (TPSA) is 110 Å². The van der Waals surface area contributed by atoms with E-state index in [0.717, 1.165) is 37.0 Å². The Balaban J connectivity index is 1.77. The SMILES string of the molecule is CCCNC1CN(CCCCc2ccccc2)S(=O)(=O)c2sc(S(N)(=O)=O)cc21. The first-order valence-corrected chi connectivity index (χ1v) is 13.5. The maximum absolute atomic E-state index is 13.1. The molecule has 1 aliphatic rings. The Kier molecular flexibility index (Phi) is 7.13. The largest absolute Gasteiger partial charge is 0.309 e. The molecular weight excluding hydrogens is 430 g/mol. The number of nitrogens with zero attached hydrogens (tertiary/aromatic N) is 1. The van der Waals surface area contributed by atoms with Gasteiger partial charge in [0.1, 0.15) is 8.42 Å². The van der Waals surface area contributed by atoms with Gasteiger partial charge in [0, 0.05) is 24.7 Å². The van der Waals surface area contributed by atoms with Gasteiger partial charge >= 0.3 is 0 Å². The number of sulfonamides is 2. The lowest BCUT2D eigenvalue weighted by atomic mass is 10.1. The van der Waals surface area contributed by atoms with E-state index in [9.17, 15) is 16.8 Å². The molecule has 3 rings (SSSR count). The van der Waals surface area contributed by atoms with E-state index in [-0.39, 0.29) is 14.5 Å². The molecule has 1 aromatic carbocycles. The molecule has 0 saturated carbocycles. The van der Waals surface area contributed by atoms with E-state index in [0.29, 0.717) is 25.2 Å². The molecule has 160 valence electrons. The fourth-order valence-electron chi connectivity index (χ4n) is 3.43. The first kappa shape index (κ1) is 22.4. The van der Waals surface area contributed by atoms with Crippen molar-refractivity contribution in [1.82, 2.24) is 9.62 Å². The van der Waals surface area contributed by atoms with Crippen molar-refractivity contribution in [1.29, 1.82) is 0 Å². The minimum absolute atomic E-state index is 0.0874. The second kappa shape index (κ2) is 9.23. The highest BCUT2D eigenvalue weighted by atomic mass is 32.3. The normalized spacial score (nSPS) is 19.2. The van der Waals surface area contributed by atoms with Gasteiger partial charge in [0.05, 0.1) is 0 Å². The maximum Gasteiger partial charge on any atom is 0.252 e. The predicted octanol–water partition coefficient (Wildman–Crippen LogP) is 2.46. The van der Waals surface area contributed by atoms with Crippen LogP contribution in [-0.4, -0.2) is 40.8 Å². The average Bonchev–Trinajstić information content (AvgIpc) is 3.14. The van der Waals surface area contributed by atoms with Crippen molar-refractivity contribution in [3.8, 4) is 0 Å². The van der Waals surface area contributed by atoms with Gasteiger partial charge in [0.2, 0.25) is 10.0 Å². The predicted molar refractivity (Wildman–Crippen MR) is 115 cm³/mol. The average molecular weight is 458 g/mol. The smallest absolute Gasteiger partial charge is 0.252 e. The number of primary sulfonamides is 1. The summed E-state index contributed by atoms with van der Waals surface area (Å²) in [5, 5.41) is 8.59. The van der Waals surface area contributed by atoms with Crippen molar-refractivity contribution in [2.75, 3.05) is 19.6 Å². The van der Waals surface area contributed by atoms with Gasteiger partial charge in [-0.05, 0) is 43.9 Å². The summed E-state index contributed by atoms with van der Waals surface area (Å²) >= 11 is 0.744. The third-order valence-corrected chi connectivity index (χ3v) is 9.89. The highest BCUT2D eigenvalue weighted by molar-refractivity contribution is 7.94. The molecule has 0 fully saturated rings. The zero-order valence-corrected chi connectivity index (χ0v) is 18.8. The van der Waals surface area contributed by atoms with Gasteiger partial charge in [-0.25, -0.2) is 22.0 Å². The monoisotopic (exact) mass is 457 g/mol. The minimum Gasteiger partial charge on any atom is -0.309 e. The van der Waals surface area contributed by atoms with Gasteiger partial charge < -0.3 is 5.32 Å². The first-order chi connectivity index (χ1) is 13.7. The van der Waals surface area contributed by atoms with Gasteiger partial charge in [-0.3, -0.25) is 0 Å². The minimum atomic E-state index is -3.95. The van der Waals surface area contributed by atoms with Gasteiger partial charge in [-0.1, -0.05) is 37.3 Å². The van der Waals surface area contributed by atoms with Gasteiger partial charge in [-0.2, -0.15) is 4.31 Å². The zero-order valence-electron chi connectivity index (χ0n) is 16.4. The summed E-state index contributed by atoms with van der Waals surface area (Å²) in [4.78, 5) is 0. The highest BCUT2D eigenvalue weighted by Gasteiger charge is 2.39. The molecule has 0 aliphatic carbocycles. The fourth-order valence-corrected chi connectivity index (χ4v) is 7.74. The summed E-state index contributed by atoms with van der Waals surface area (Å²) in [6.07, 6.45) is 3.40. The lowest BCUT2D eigenvalue weighted by Gasteiger charge is -2.32. The van der Waals surface area contributed by atoms with Gasteiger partial charge in [0.25, 0.3) is 10.0 Å². The number of hydrogen-bond acceptors (Lipinski definition) is 6. The lowest BCUT2D eigenvalue weighted by Crippen LogP contribution is -2.43. The Morgan fingerprint density at radius 2 is 1.97 bits per heavy atom. The van der Waals surface area contributed by atoms with Crippen LogP contribution in [0.5, 0.6) is 0 Å². The van der Waals surface area contributed by atoms with Crippen molar-refractivity contribution in [3.63, 3.8) is 0 Å². The van der Waals surface area contributed by atoms with Crippen molar-refractivity contribution in [3.05, 3.63) is 47.5 Å². The Bertz CT molecular complexity index is 1030. The first-order valence-electron chi connectivity index (χ1n) is 9.67. The summed E-state index contributed by atoms with van der Waals surface area (Å²) in [5.74, 6) is 0. The molecule has 2 heterocycles. The molecule has 1 aliphatic heterocycles. The molecule has 7 nitrogen and oxygen atoms in total. The molecule has 0 radical (unpaired) electrons. The van der Waals surface area contributed by atoms with Crippen molar-refractivity contribution >= 4 is 31.4 Å². The quantitative estimate of drug-likeness (QED) is 0.562. The van der Waals surface area contributed by atoms with Crippen LogP contribution >= 0.6 is 11.3 Å². The van der Waals surface area contributed by atoms with E-state index in [1.54, 1.807) is 0 Å². The number of thiophene rings is 1. The Labute approximate surface area is 177 Å². The summed E-state index contributed by atoms with van der Waals surface area (Å²) in [7, 11) is -7.69. The number of nitrogens with one attached hydrogen (secondary N) is 1. The molecule has 1 unspecified atom stereocenters. The van der Waals surface area contributed by atoms with Crippen molar-refractivity contribution < 1.29 is 16.8 Å². The van der Waals surface area contributed by atoms with E-state index in [1.165, 1.54) is 15.9 Å². The Morgan fingerprint density at radius 3 is 2.62 bits per heavy atom. The molecule has 0 bridgehead atoms. The summed E-state index contributed by atoms with van der Waals surface area (Å²) < 4.78 is 51.2. The molecule has 0 spiro atoms. The number of hydrogen-bond donors (Lipinski definition) is 2. The van der Waals surface area contributed by atoms with E-state index in [2.05, 4.69) is 17.4 Å². The third-order valence-electron chi connectivity index (χ3n) is 4.93. The van der Waals surface area contributed by atoms with Crippen LogP contribution in [0.15, 0.2) is 44.8 Å². The van der Waals surface area contributed by atoms with Crippen molar-refractivity contribution in [2.45, 2.75) is 47.1 Å². The highest BCUT2D eigenvalue weighted by Crippen LogP contribution is 2.40. The molecule has 0 saturated heterocycles. The van der Waals surface area contributed by atoms with E-state index < -0.39 is 20.0 Å². The number of rotatable bonds is 9. The number of benzene rings is 1. The molecule has 2 aromatic rings. The molecule has 29 heavy (non-hydrogen) atoms. The number of nitrogens with two attached hydrogens (primary N) is 1. The Hall–Kier alpha value is -1.30. The van der Waals surface area contributed by atoms with Gasteiger partial charge in [-0.15, -0.1) is 11.3 Å². The molecule has 1 aromatic heterocycles. The van der Waals surface area contributed by atoms with Crippen LogP contribution in [0.1, 0.15) is 43.4 Å². The van der Waals surface area contributed by atoms with E-state index >= 15 is 0 Å². The summed E-state index contributed by atoms with van der Waals surface area (Å²) in [6, 6.07) is 11.3. The van der Waals surface area contributed by atoms with Crippen LogP contribution < -0.4 is 10.5 Å². The van der Waals surface area contributed by atoms with E-state index in [1.807, 2.05) is 25.1 Å². The number of unbranched alkanes of at least 4 members (excludes halogenated alkanes) is 1. The molecule has 0 amide bonds.